The number of aryl methyl sites for hydroxylation is 2. The van der Waals surface area contributed by atoms with E-state index < -0.39 is 0 Å². The van der Waals surface area contributed by atoms with Crippen molar-refractivity contribution in [3.05, 3.63) is 66.9 Å². The number of aromatic nitrogens is 6. The van der Waals surface area contributed by atoms with Crippen LogP contribution in [0.2, 0.25) is 0 Å². The fourth-order valence-corrected chi connectivity index (χ4v) is 3.49. The molecule has 138 valence electrons. The molecule has 28 heavy (non-hydrogen) atoms. The largest absolute Gasteiger partial charge is 0.379 e. The number of nitrogens with zero attached hydrogens (tertiary/aromatic N) is 6. The van der Waals surface area contributed by atoms with Crippen LogP contribution in [0.5, 0.6) is 0 Å². The van der Waals surface area contributed by atoms with E-state index in [1.807, 2.05) is 13.1 Å². The highest BCUT2D eigenvalue weighted by molar-refractivity contribution is 5.97. The first-order valence-electron chi connectivity index (χ1n) is 9.07. The highest BCUT2D eigenvalue weighted by Crippen LogP contribution is 2.32. The smallest absolute Gasteiger partial charge is 0.0966 e. The molecule has 0 unspecified atom stereocenters. The fraction of sp³-hybridized carbons (Fsp3) is 0.143. The molecular formula is C21H19N7. The molecule has 0 fully saturated rings. The summed E-state index contributed by atoms with van der Waals surface area (Å²) in [6.07, 6.45) is 7.30. The van der Waals surface area contributed by atoms with Gasteiger partial charge in [0.25, 0.3) is 0 Å². The molecule has 0 atom stereocenters. The average molecular weight is 369 g/mol. The maximum atomic E-state index is 4.59. The second-order valence-electron chi connectivity index (χ2n) is 6.85. The second-order valence-corrected chi connectivity index (χ2v) is 6.85. The molecule has 0 saturated carbocycles. The number of rotatable bonds is 4. The zero-order valence-electron chi connectivity index (χ0n) is 15.7. The van der Waals surface area contributed by atoms with Crippen molar-refractivity contribution in [2.75, 3.05) is 5.32 Å². The first kappa shape index (κ1) is 16.4. The van der Waals surface area contributed by atoms with Gasteiger partial charge in [-0.3, -0.25) is 14.6 Å². The Morgan fingerprint density at radius 2 is 1.89 bits per heavy atom. The molecule has 5 rings (SSSR count). The SMILES string of the molecule is Cn1nncc1CNc1cc(-c2ccc3ccn(C)c3c2)c2nccnc2c1. The summed E-state index contributed by atoms with van der Waals surface area (Å²) in [6, 6.07) is 12.8. The molecule has 3 heterocycles. The molecule has 0 saturated heterocycles. The van der Waals surface area contributed by atoms with Crippen molar-refractivity contribution < 1.29 is 0 Å². The molecule has 0 aliphatic heterocycles. The van der Waals surface area contributed by atoms with Crippen LogP contribution in [-0.2, 0) is 20.6 Å². The lowest BCUT2D eigenvalue weighted by Gasteiger charge is -2.12. The number of hydrogen-bond donors (Lipinski definition) is 1. The van der Waals surface area contributed by atoms with Crippen LogP contribution in [0, 0.1) is 0 Å². The van der Waals surface area contributed by atoms with Crippen LogP contribution in [0.3, 0.4) is 0 Å². The fourth-order valence-electron chi connectivity index (χ4n) is 3.49. The number of benzene rings is 2. The Labute approximate surface area is 161 Å². The van der Waals surface area contributed by atoms with Gasteiger partial charge in [0.05, 0.1) is 29.5 Å². The van der Waals surface area contributed by atoms with Gasteiger partial charge in [-0.25, -0.2) is 0 Å². The molecule has 7 nitrogen and oxygen atoms in total. The Morgan fingerprint density at radius 3 is 2.75 bits per heavy atom. The van der Waals surface area contributed by atoms with E-state index in [9.17, 15) is 0 Å². The van der Waals surface area contributed by atoms with E-state index in [1.54, 1.807) is 23.3 Å². The summed E-state index contributed by atoms with van der Waals surface area (Å²) in [6.45, 7) is 0.631. The number of nitrogens with one attached hydrogen (secondary N) is 1. The van der Waals surface area contributed by atoms with Gasteiger partial charge in [-0.15, -0.1) is 5.10 Å². The van der Waals surface area contributed by atoms with Crippen molar-refractivity contribution >= 4 is 27.6 Å². The van der Waals surface area contributed by atoms with Crippen LogP contribution in [-0.4, -0.2) is 29.5 Å². The van der Waals surface area contributed by atoms with Gasteiger partial charge in [-0.2, -0.15) is 0 Å². The Morgan fingerprint density at radius 1 is 1.00 bits per heavy atom. The summed E-state index contributed by atoms with van der Waals surface area (Å²) >= 11 is 0. The van der Waals surface area contributed by atoms with E-state index in [1.165, 1.54) is 10.9 Å². The van der Waals surface area contributed by atoms with E-state index in [0.29, 0.717) is 6.54 Å². The van der Waals surface area contributed by atoms with E-state index in [4.69, 9.17) is 0 Å². The molecule has 1 N–H and O–H groups in total. The van der Waals surface area contributed by atoms with Gasteiger partial charge < -0.3 is 9.88 Å². The predicted molar refractivity (Wildman–Crippen MR) is 110 cm³/mol. The monoisotopic (exact) mass is 369 g/mol. The Balaban J connectivity index is 1.61. The first-order chi connectivity index (χ1) is 13.7. The van der Waals surface area contributed by atoms with Gasteiger partial charge in [-0.05, 0) is 35.2 Å². The normalized spacial score (nSPS) is 11.4. The molecule has 0 aliphatic rings. The molecule has 5 aromatic rings. The molecule has 0 spiro atoms. The van der Waals surface area contributed by atoms with Gasteiger partial charge in [0.2, 0.25) is 0 Å². The van der Waals surface area contributed by atoms with Crippen molar-refractivity contribution in [1.82, 2.24) is 29.5 Å². The van der Waals surface area contributed by atoms with Crippen molar-refractivity contribution in [2.24, 2.45) is 14.1 Å². The lowest BCUT2D eigenvalue weighted by atomic mass is 10.0. The Kier molecular flexibility index (Phi) is 3.79. The number of hydrogen-bond acceptors (Lipinski definition) is 5. The molecule has 0 aliphatic carbocycles. The summed E-state index contributed by atoms with van der Waals surface area (Å²) in [5.74, 6) is 0. The number of fused-ring (bicyclic) bond motifs is 2. The predicted octanol–water partition coefficient (Wildman–Crippen LogP) is 3.53. The summed E-state index contributed by atoms with van der Waals surface area (Å²) in [7, 11) is 3.94. The lowest BCUT2D eigenvalue weighted by Crippen LogP contribution is -2.05. The van der Waals surface area contributed by atoms with Crippen LogP contribution in [0.4, 0.5) is 5.69 Å². The third kappa shape index (κ3) is 2.77. The maximum absolute atomic E-state index is 4.59. The van der Waals surface area contributed by atoms with Crippen LogP contribution >= 0.6 is 0 Å². The van der Waals surface area contributed by atoms with Gasteiger partial charge in [-0.1, -0.05) is 17.3 Å². The highest BCUT2D eigenvalue weighted by Gasteiger charge is 2.11. The summed E-state index contributed by atoms with van der Waals surface area (Å²) < 4.78 is 3.89. The summed E-state index contributed by atoms with van der Waals surface area (Å²) in [5.41, 5.74) is 7.10. The zero-order valence-corrected chi connectivity index (χ0v) is 15.7. The van der Waals surface area contributed by atoms with Crippen LogP contribution < -0.4 is 5.32 Å². The average Bonchev–Trinajstić information content (AvgIpc) is 3.31. The first-order valence-corrected chi connectivity index (χ1v) is 9.07. The van der Waals surface area contributed by atoms with Gasteiger partial charge >= 0.3 is 0 Å². The molecule has 2 aromatic carbocycles. The maximum Gasteiger partial charge on any atom is 0.0966 e. The molecule has 0 amide bonds. The zero-order chi connectivity index (χ0) is 19.1. The molecule has 0 bridgehead atoms. The minimum Gasteiger partial charge on any atom is -0.379 e. The van der Waals surface area contributed by atoms with Gasteiger partial charge in [0, 0.05) is 49.5 Å². The highest BCUT2D eigenvalue weighted by atomic mass is 15.4. The minimum absolute atomic E-state index is 0.631. The van der Waals surface area contributed by atoms with Crippen molar-refractivity contribution in [3.8, 4) is 11.1 Å². The van der Waals surface area contributed by atoms with E-state index in [-0.39, 0.29) is 0 Å². The quantitative estimate of drug-likeness (QED) is 0.525. The van der Waals surface area contributed by atoms with E-state index >= 15 is 0 Å². The second kappa shape index (κ2) is 6.45. The van der Waals surface area contributed by atoms with Crippen molar-refractivity contribution in [3.63, 3.8) is 0 Å². The lowest BCUT2D eigenvalue weighted by molar-refractivity contribution is 0.683. The van der Waals surface area contributed by atoms with E-state index in [0.717, 1.165) is 33.5 Å². The summed E-state index contributed by atoms with van der Waals surface area (Å²) in [4.78, 5) is 9.11. The Hall–Kier alpha value is -3.74. The van der Waals surface area contributed by atoms with Crippen LogP contribution in [0.15, 0.2) is 61.2 Å². The van der Waals surface area contributed by atoms with Crippen molar-refractivity contribution in [2.45, 2.75) is 6.54 Å². The van der Waals surface area contributed by atoms with Gasteiger partial charge in [0.1, 0.15) is 0 Å². The molecular weight excluding hydrogens is 350 g/mol. The van der Waals surface area contributed by atoms with Crippen LogP contribution in [0.25, 0.3) is 33.1 Å². The Bertz CT molecular complexity index is 1300. The molecule has 3 aromatic heterocycles. The standard InChI is InChI=1S/C21H19N7/c1-27-8-5-14-3-4-15(9-20(14)27)18-10-16(11-19-21(18)23-7-6-22-19)24-12-17-13-25-26-28(17)2/h3-11,13,24H,12H2,1-2H3. The summed E-state index contributed by atoms with van der Waals surface area (Å²) in [5, 5.41) is 12.6. The van der Waals surface area contributed by atoms with Crippen molar-refractivity contribution in [1.29, 1.82) is 0 Å². The van der Waals surface area contributed by atoms with Gasteiger partial charge in [0.15, 0.2) is 0 Å². The molecule has 7 heteroatoms. The number of anilines is 1. The third-order valence-corrected chi connectivity index (χ3v) is 5.05. The topological polar surface area (TPSA) is 73.5 Å². The molecule has 0 radical (unpaired) electrons. The van der Waals surface area contributed by atoms with Crippen LogP contribution in [0.1, 0.15) is 5.69 Å². The minimum atomic E-state index is 0.631. The third-order valence-electron chi connectivity index (χ3n) is 5.05. The van der Waals surface area contributed by atoms with E-state index in [2.05, 4.69) is 73.7 Å².